The van der Waals surface area contributed by atoms with Crippen LogP contribution in [0.1, 0.15) is 33.5 Å². The Balaban J connectivity index is 1.84. The second-order valence-corrected chi connectivity index (χ2v) is 6.45. The number of aromatic nitrogens is 1. The van der Waals surface area contributed by atoms with Crippen molar-refractivity contribution in [2.75, 3.05) is 4.90 Å². The number of fused-ring (bicyclic) bond motifs is 2. The molecule has 1 aliphatic rings. The van der Waals surface area contributed by atoms with Gasteiger partial charge in [0.05, 0.1) is 17.0 Å². The molecule has 1 unspecified atom stereocenters. The number of hydrogen-bond donors (Lipinski definition) is 0. The molecule has 2 aromatic carbocycles. The first-order chi connectivity index (χ1) is 13.1. The molecule has 0 spiro atoms. The molecular formula is C21H14N2O4. The van der Waals surface area contributed by atoms with Gasteiger partial charge in [-0.1, -0.05) is 47.6 Å². The van der Waals surface area contributed by atoms with Gasteiger partial charge in [0.15, 0.2) is 11.2 Å². The van der Waals surface area contributed by atoms with Gasteiger partial charge >= 0.3 is 0 Å². The molecule has 27 heavy (non-hydrogen) atoms. The highest BCUT2D eigenvalue weighted by Gasteiger charge is 2.44. The number of rotatable bonds is 2. The highest BCUT2D eigenvalue weighted by atomic mass is 16.5. The third-order valence-corrected chi connectivity index (χ3v) is 4.76. The van der Waals surface area contributed by atoms with Gasteiger partial charge in [0.25, 0.3) is 5.91 Å². The van der Waals surface area contributed by atoms with Crippen molar-refractivity contribution in [2.24, 2.45) is 0 Å². The smallest absolute Gasteiger partial charge is 0.296 e. The largest absolute Gasteiger partial charge is 0.450 e. The minimum Gasteiger partial charge on any atom is -0.450 e. The van der Waals surface area contributed by atoms with E-state index in [2.05, 4.69) is 5.16 Å². The Hall–Kier alpha value is -3.67. The van der Waals surface area contributed by atoms with Crippen LogP contribution in [0, 0.1) is 6.92 Å². The van der Waals surface area contributed by atoms with Crippen molar-refractivity contribution in [3.63, 3.8) is 0 Å². The van der Waals surface area contributed by atoms with Crippen LogP contribution in [0.5, 0.6) is 0 Å². The van der Waals surface area contributed by atoms with Crippen molar-refractivity contribution < 1.29 is 13.7 Å². The molecular weight excluding hydrogens is 344 g/mol. The topological polar surface area (TPSA) is 76.6 Å². The summed E-state index contributed by atoms with van der Waals surface area (Å²) in [5, 5.41) is 4.44. The zero-order valence-electron chi connectivity index (χ0n) is 14.4. The lowest BCUT2D eigenvalue weighted by Gasteiger charge is -2.22. The molecule has 3 heterocycles. The van der Waals surface area contributed by atoms with Gasteiger partial charge in [-0.3, -0.25) is 14.5 Å². The minimum atomic E-state index is -0.626. The van der Waals surface area contributed by atoms with Crippen molar-refractivity contribution in [3.05, 3.63) is 93.5 Å². The summed E-state index contributed by atoms with van der Waals surface area (Å²) in [6.07, 6.45) is 0. The quantitative estimate of drug-likeness (QED) is 0.544. The number of carbonyl (C=O) groups excluding carboxylic acids is 1. The fourth-order valence-electron chi connectivity index (χ4n) is 3.57. The van der Waals surface area contributed by atoms with Crippen LogP contribution in [0.25, 0.3) is 11.0 Å². The number of nitrogens with zero attached hydrogens (tertiary/aromatic N) is 2. The van der Waals surface area contributed by atoms with Gasteiger partial charge in [-0.05, 0) is 24.6 Å². The Kier molecular flexibility index (Phi) is 3.27. The summed E-state index contributed by atoms with van der Waals surface area (Å²) >= 11 is 0. The van der Waals surface area contributed by atoms with Crippen LogP contribution in [0.15, 0.2) is 74.4 Å². The summed E-state index contributed by atoms with van der Waals surface area (Å²) in [5.41, 5.74) is 1.30. The molecule has 2 aromatic heterocycles. The summed E-state index contributed by atoms with van der Waals surface area (Å²) in [7, 11) is 0. The van der Waals surface area contributed by atoms with Crippen LogP contribution in [-0.4, -0.2) is 11.1 Å². The normalized spacial score (nSPS) is 16.1. The van der Waals surface area contributed by atoms with E-state index in [1.54, 1.807) is 37.3 Å². The molecule has 0 saturated carbocycles. The van der Waals surface area contributed by atoms with E-state index in [-0.39, 0.29) is 11.2 Å². The number of anilines is 1. The molecule has 0 bridgehead atoms. The molecule has 6 heteroatoms. The Morgan fingerprint density at radius 3 is 2.48 bits per heavy atom. The predicted molar refractivity (Wildman–Crippen MR) is 98.8 cm³/mol. The van der Waals surface area contributed by atoms with E-state index in [9.17, 15) is 9.59 Å². The highest BCUT2D eigenvalue weighted by Crippen LogP contribution is 2.40. The summed E-state index contributed by atoms with van der Waals surface area (Å²) in [5.74, 6) is 0.564. The molecule has 1 amide bonds. The maximum atomic E-state index is 13.2. The molecule has 132 valence electrons. The Bertz CT molecular complexity index is 1240. The number of carbonyl (C=O) groups is 1. The predicted octanol–water partition coefficient (Wildman–Crippen LogP) is 3.84. The van der Waals surface area contributed by atoms with Crippen LogP contribution < -0.4 is 10.3 Å². The van der Waals surface area contributed by atoms with Crippen LogP contribution in [0.2, 0.25) is 0 Å². The van der Waals surface area contributed by atoms with E-state index in [0.717, 1.165) is 5.56 Å². The number of amides is 1. The first-order valence-electron chi connectivity index (χ1n) is 8.52. The van der Waals surface area contributed by atoms with Crippen molar-refractivity contribution >= 4 is 22.7 Å². The molecule has 5 rings (SSSR count). The van der Waals surface area contributed by atoms with Crippen molar-refractivity contribution in [2.45, 2.75) is 13.0 Å². The Morgan fingerprint density at radius 2 is 1.74 bits per heavy atom. The minimum absolute atomic E-state index is 0.0493. The lowest BCUT2D eigenvalue weighted by Crippen LogP contribution is -2.29. The molecule has 4 aromatic rings. The van der Waals surface area contributed by atoms with Gasteiger partial charge in [0.1, 0.15) is 11.3 Å². The average molecular weight is 358 g/mol. The number of aryl methyl sites for hydroxylation is 1. The van der Waals surface area contributed by atoms with E-state index in [1.807, 2.05) is 30.3 Å². The lowest BCUT2D eigenvalue weighted by atomic mass is 9.98. The van der Waals surface area contributed by atoms with E-state index < -0.39 is 11.9 Å². The fraction of sp³-hybridized carbons (Fsp3) is 0.0952. The van der Waals surface area contributed by atoms with Crippen LogP contribution in [-0.2, 0) is 0 Å². The molecule has 0 fully saturated rings. The molecule has 0 saturated heterocycles. The molecule has 0 radical (unpaired) electrons. The number of hydrogen-bond acceptors (Lipinski definition) is 5. The highest BCUT2D eigenvalue weighted by molar-refractivity contribution is 6.10. The second-order valence-electron chi connectivity index (χ2n) is 6.45. The van der Waals surface area contributed by atoms with Crippen LogP contribution in [0.4, 0.5) is 5.82 Å². The van der Waals surface area contributed by atoms with E-state index in [1.165, 1.54) is 4.90 Å². The van der Waals surface area contributed by atoms with E-state index in [0.29, 0.717) is 28.1 Å². The molecule has 1 atom stereocenters. The lowest BCUT2D eigenvalue weighted by molar-refractivity contribution is 0.0969. The molecule has 0 aliphatic carbocycles. The summed E-state index contributed by atoms with van der Waals surface area (Å²) in [4.78, 5) is 27.9. The Labute approximate surface area is 153 Å². The first-order valence-corrected chi connectivity index (χ1v) is 8.52. The molecule has 0 N–H and O–H groups in total. The summed E-state index contributed by atoms with van der Waals surface area (Å²) in [6.45, 7) is 1.75. The SMILES string of the molecule is Cc1cc(N2C(=O)c3oc4ccccc4c(=O)c3C2c2ccccc2)no1. The second kappa shape index (κ2) is 5.67. The third-order valence-electron chi connectivity index (χ3n) is 4.76. The fourth-order valence-corrected chi connectivity index (χ4v) is 3.57. The Morgan fingerprint density at radius 1 is 1.00 bits per heavy atom. The van der Waals surface area contributed by atoms with Gasteiger partial charge in [-0.2, -0.15) is 0 Å². The van der Waals surface area contributed by atoms with Crippen LogP contribution in [0.3, 0.4) is 0 Å². The number of benzene rings is 2. The first kappa shape index (κ1) is 15.6. The maximum Gasteiger partial charge on any atom is 0.296 e. The maximum absolute atomic E-state index is 13.2. The van der Waals surface area contributed by atoms with Gasteiger partial charge in [-0.15, -0.1) is 0 Å². The van der Waals surface area contributed by atoms with Crippen molar-refractivity contribution in [3.8, 4) is 0 Å². The van der Waals surface area contributed by atoms with E-state index >= 15 is 0 Å². The number of para-hydroxylation sites is 1. The van der Waals surface area contributed by atoms with Crippen molar-refractivity contribution in [1.29, 1.82) is 0 Å². The molecule has 1 aliphatic heterocycles. The molecule has 6 nitrogen and oxygen atoms in total. The van der Waals surface area contributed by atoms with Gasteiger partial charge < -0.3 is 8.94 Å². The van der Waals surface area contributed by atoms with Gasteiger partial charge in [0.2, 0.25) is 5.76 Å². The summed E-state index contributed by atoms with van der Waals surface area (Å²) in [6, 6.07) is 17.4. The third kappa shape index (κ3) is 2.23. The zero-order chi connectivity index (χ0) is 18.5. The van der Waals surface area contributed by atoms with Crippen LogP contribution >= 0.6 is 0 Å². The van der Waals surface area contributed by atoms with Gasteiger partial charge in [0, 0.05) is 6.07 Å². The van der Waals surface area contributed by atoms with Gasteiger partial charge in [-0.25, -0.2) is 0 Å². The summed E-state index contributed by atoms with van der Waals surface area (Å²) < 4.78 is 11.0. The zero-order valence-corrected chi connectivity index (χ0v) is 14.4. The monoisotopic (exact) mass is 358 g/mol. The van der Waals surface area contributed by atoms with E-state index in [4.69, 9.17) is 8.94 Å². The van der Waals surface area contributed by atoms with Crippen molar-refractivity contribution in [1.82, 2.24) is 5.16 Å². The average Bonchev–Trinajstić information content (AvgIpc) is 3.24. The standard InChI is InChI=1S/C21H14N2O4/c1-12-11-16(22-27-12)23-18(13-7-3-2-4-8-13)17-19(24)14-9-5-6-10-15(14)26-20(17)21(23)25/h2-11,18H,1H3.